The molecule has 2 aliphatic heterocycles. The van der Waals surface area contributed by atoms with E-state index in [-0.39, 0.29) is 17.4 Å². The Morgan fingerprint density at radius 3 is 2.35 bits per heavy atom. The number of hydrogen-bond acceptors (Lipinski definition) is 2. The molecule has 26 heavy (non-hydrogen) atoms. The van der Waals surface area contributed by atoms with Gasteiger partial charge in [0.1, 0.15) is 6.04 Å². The molecule has 2 heterocycles. The Morgan fingerprint density at radius 2 is 1.69 bits per heavy atom. The minimum Gasteiger partial charge on any atom is -0.307 e. The number of benzene rings is 2. The third-order valence-electron chi connectivity index (χ3n) is 4.93. The van der Waals surface area contributed by atoms with Gasteiger partial charge in [0.25, 0.3) is 5.91 Å². The van der Waals surface area contributed by atoms with E-state index in [4.69, 9.17) is 23.2 Å². The van der Waals surface area contributed by atoms with Crippen LogP contribution in [-0.2, 0) is 10.2 Å². The highest BCUT2D eigenvalue weighted by molar-refractivity contribution is 6.35. The number of carbonyl (C=O) groups excluding carboxylic acids is 2. The van der Waals surface area contributed by atoms with Gasteiger partial charge in [-0.25, -0.2) is 9.69 Å². The number of hydrogen-bond donors (Lipinski definition) is 0. The standard InChI is InChI=1S/C20H16Cl2N2O2/c1-20(13-5-3-2-4-6-13)8-7-17-18(25)24(19(26)23(17)12-20)16-10-14(21)9-15(22)11-16/h2-11,17H,12H2,1H3. The monoisotopic (exact) mass is 386 g/mol. The summed E-state index contributed by atoms with van der Waals surface area (Å²) >= 11 is 12.1. The number of fused-ring (bicyclic) bond motifs is 1. The highest BCUT2D eigenvalue weighted by Crippen LogP contribution is 2.37. The summed E-state index contributed by atoms with van der Waals surface area (Å²) in [6.45, 7) is 2.49. The first-order valence-electron chi connectivity index (χ1n) is 8.25. The van der Waals surface area contributed by atoms with Gasteiger partial charge >= 0.3 is 6.03 Å². The summed E-state index contributed by atoms with van der Waals surface area (Å²) < 4.78 is 0. The van der Waals surface area contributed by atoms with E-state index < -0.39 is 6.04 Å². The number of imide groups is 1. The fraction of sp³-hybridized carbons (Fsp3) is 0.200. The Kier molecular flexibility index (Phi) is 4.05. The molecule has 4 rings (SSSR count). The number of amides is 3. The van der Waals surface area contributed by atoms with Crippen molar-refractivity contribution in [2.45, 2.75) is 18.4 Å². The summed E-state index contributed by atoms with van der Waals surface area (Å²) in [5, 5.41) is 0.755. The van der Waals surface area contributed by atoms with Crippen molar-refractivity contribution in [1.82, 2.24) is 4.90 Å². The topological polar surface area (TPSA) is 40.6 Å². The van der Waals surface area contributed by atoms with Crippen molar-refractivity contribution >= 4 is 40.8 Å². The zero-order chi connectivity index (χ0) is 18.5. The van der Waals surface area contributed by atoms with Crippen molar-refractivity contribution in [3.63, 3.8) is 0 Å². The summed E-state index contributed by atoms with van der Waals surface area (Å²) in [6.07, 6.45) is 3.83. The van der Waals surface area contributed by atoms with E-state index in [9.17, 15) is 9.59 Å². The van der Waals surface area contributed by atoms with Crippen molar-refractivity contribution in [3.05, 3.63) is 76.3 Å². The molecule has 6 heteroatoms. The lowest BCUT2D eigenvalue weighted by Gasteiger charge is -2.36. The van der Waals surface area contributed by atoms with E-state index in [2.05, 4.69) is 6.92 Å². The van der Waals surface area contributed by atoms with Gasteiger partial charge in [-0.15, -0.1) is 0 Å². The van der Waals surface area contributed by atoms with Crippen molar-refractivity contribution < 1.29 is 9.59 Å². The molecule has 132 valence electrons. The minimum atomic E-state index is -0.600. The molecule has 2 aliphatic rings. The van der Waals surface area contributed by atoms with Crippen LogP contribution in [0.3, 0.4) is 0 Å². The molecule has 2 unspecified atom stereocenters. The molecular weight excluding hydrogens is 371 g/mol. The van der Waals surface area contributed by atoms with Crippen molar-refractivity contribution in [2.24, 2.45) is 0 Å². The van der Waals surface area contributed by atoms with Gasteiger partial charge < -0.3 is 4.90 Å². The summed E-state index contributed by atoms with van der Waals surface area (Å²) in [4.78, 5) is 28.6. The van der Waals surface area contributed by atoms with Crippen LogP contribution in [0.15, 0.2) is 60.7 Å². The molecule has 0 spiro atoms. The zero-order valence-electron chi connectivity index (χ0n) is 14.0. The molecule has 2 atom stereocenters. The number of carbonyl (C=O) groups is 2. The van der Waals surface area contributed by atoms with E-state index in [0.29, 0.717) is 22.3 Å². The Balaban J connectivity index is 1.70. The molecule has 0 radical (unpaired) electrons. The highest BCUT2D eigenvalue weighted by Gasteiger charge is 2.49. The second-order valence-electron chi connectivity index (χ2n) is 6.80. The van der Waals surface area contributed by atoms with Crippen molar-refractivity contribution in [3.8, 4) is 0 Å². The molecule has 0 aromatic heterocycles. The van der Waals surface area contributed by atoms with Crippen LogP contribution >= 0.6 is 23.2 Å². The molecule has 0 aliphatic carbocycles. The normalized spacial score (nSPS) is 25.0. The van der Waals surface area contributed by atoms with Gasteiger partial charge in [-0.2, -0.15) is 0 Å². The molecule has 3 amide bonds. The smallest absolute Gasteiger partial charge is 0.307 e. The maximum Gasteiger partial charge on any atom is 0.332 e. The molecule has 0 bridgehead atoms. The van der Waals surface area contributed by atoms with Crippen LogP contribution in [0.5, 0.6) is 0 Å². The number of rotatable bonds is 2. The second-order valence-corrected chi connectivity index (χ2v) is 7.67. The fourth-order valence-electron chi connectivity index (χ4n) is 3.58. The number of urea groups is 1. The van der Waals surface area contributed by atoms with Crippen molar-refractivity contribution in [2.75, 3.05) is 11.4 Å². The summed E-state index contributed by atoms with van der Waals surface area (Å²) in [5.74, 6) is -0.292. The van der Waals surface area contributed by atoms with E-state index in [1.165, 1.54) is 0 Å². The second kappa shape index (κ2) is 6.15. The third-order valence-corrected chi connectivity index (χ3v) is 5.37. The molecule has 2 aromatic rings. The summed E-state index contributed by atoms with van der Waals surface area (Å²) in [6, 6.07) is 13.7. The van der Waals surface area contributed by atoms with Gasteiger partial charge in [0.05, 0.1) is 5.69 Å². The maximum atomic E-state index is 13.0. The lowest BCUT2D eigenvalue weighted by Crippen LogP contribution is -2.46. The Morgan fingerprint density at radius 1 is 1.04 bits per heavy atom. The van der Waals surface area contributed by atoms with E-state index in [1.807, 2.05) is 42.5 Å². The first-order valence-corrected chi connectivity index (χ1v) is 9.00. The molecule has 1 fully saturated rings. The molecule has 1 saturated heterocycles. The number of nitrogens with zero attached hydrogens (tertiary/aromatic N) is 2. The first-order chi connectivity index (χ1) is 12.4. The van der Waals surface area contributed by atoms with Crippen LogP contribution < -0.4 is 4.90 Å². The lowest BCUT2D eigenvalue weighted by atomic mass is 9.79. The van der Waals surface area contributed by atoms with Crippen LogP contribution in [0.25, 0.3) is 0 Å². The zero-order valence-corrected chi connectivity index (χ0v) is 15.5. The molecule has 0 saturated carbocycles. The largest absolute Gasteiger partial charge is 0.332 e. The predicted octanol–water partition coefficient (Wildman–Crippen LogP) is 4.66. The minimum absolute atomic E-state index is 0.292. The summed E-state index contributed by atoms with van der Waals surface area (Å²) in [5.41, 5.74) is 1.14. The van der Waals surface area contributed by atoms with Crippen molar-refractivity contribution in [1.29, 1.82) is 0 Å². The first kappa shape index (κ1) is 17.1. The SMILES string of the molecule is CC1(c2ccccc2)C=CC2C(=O)N(c3cc(Cl)cc(Cl)c3)C(=O)N2C1. The maximum absolute atomic E-state index is 13.0. The van der Waals surface area contributed by atoms with Crippen LogP contribution in [0.1, 0.15) is 12.5 Å². The van der Waals surface area contributed by atoms with Crippen LogP contribution in [-0.4, -0.2) is 29.4 Å². The Bertz CT molecular complexity index is 908. The highest BCUT2D eigenvalue weighted by atomic mass is 35.5. The Hall–Kier alpha value is -2.30. The summed E-state index contributed by atoms with van der Waals surface area (Å²) in [7, 11) is 0. The van der Waals surface area contributed by atoms with Gasteiger partial charge in [0.15, 0.2) is 0 Å². The van der Waals surface area contributed by atoms with Crippen LogP contribution in [0, 0.1) is 0 Å². The average molecular weight is 387 g/mol. The lowest BCUT2D eigenvalue weighted by molar-refractivity contribution is -0.118. The number of halogens is 2. The molecule has 2 aromatic carbocycles. The average Bonchev–Trinajstić information content (AvgIpc) is 2.85. The van der Waals surface area contributed by atoms with E-state index in [1.54, 1.807) is 23.1 Å². The van der Waals surface area contributed by atoms with Crippen LogP contribution in [0.4, 0.5) is 10.5 Å². The molecular formula is C20H16Cl2N2O2. The molecule has 4 nitrogen and oxygen atoms in total. The third kappa shape index (κ3) is 2.70. The van der Waals surface area contributed by atoms with E-state index >= 15 is 0 Å². The quantitative estimate of drug-likeness (QED) is 0.556. The van der Waals surface area contributed by atoms with Gasteiger partial charge in [-0.3, -0.25) is 4.79 Å². The van der Waals surface area contributed by atoms with Crippen LogP contribution in [0.2, 0.25) is 10.0 Å². The predicted molar refractivity (Wildman–Crippen MR) is 103 cm³/mol. The fourth-order valence-corrected chi connectivity index (χ4v) is 4.10. The Labute approximate surface area is 161 Å². The number of anilines is 1. The van der Waals surface area contributed by atoms with Gasteiger partial charge in [0.2, 0.25) is 0 Å². The van der Waals surface area contributed by atoms with E-state index in [0.717, 1.165) is 10.5 Å². The van der Waals surface area contributed by atoms with Gasteiger partial charge in [-0.1, -0.05) is 72.6 Å². The van der Waals surface area contributed by atoms with Gasteiger partial charge in [-0.05, 0) is 23.8 Å². The van der Waals surface area contributed by atoms with Gasteiger partial charge in [0, 0.05) is 22.0 Å². The molecule has 0 N–H and O–H groups in total.